The lowest BCUT2D eigenvalue weighted by atomic mass is 9.79. The third kappa shape index (κ3) is 1.45. The summed E-state index contributed by atoms with van der Waals surface area (Å²) in [5.41, 5.74) is 0.323. The van der Waals surface area contributed by atoms with Crippen molar-refractivity contribution in [1.82, 2.24) is 9.97 Å². The largest absolute Gasteiger partial charge is 0.352 e. The molecule has 0 radical (unpaired) electrons. The standard InChI is InChI=1S/C10H14FN3/c1-3-10(2)6-14(7-10)9-8(11)12-4-5-13-9/h4-5H,3,6-7H2,1-2H3. The summed E-state index contributed by atoms with van der Waals surface area (Å²) >= 11 is 0. The fourth-order valence-corrected chi connectivity index (χ4v) is 1.77. The molecule has 76 valence electrons. The van der Waals surface area contributed by atoms with Crippen molar-refractivity contribution in [1.29, 1.82) is 0 Å². The van der Waals surface area contributed by atoms with Gasteiger partial charge in [0.2, 0.25) is 0 Å². The molecule has 0 unspecified atom stereocenters. The second kappa shape index (κ2) is 3.19. The van der Waals surface area contributed by atoms with E-state index in [2.05, 4.69) is 23.8 Å². The van der Waals surface area contributed by atoms with Crippen molar-refractivity contribution in [2.75, 3.05) is 18.0 Å². The van der Waals surface area contributed by atoms with Gasteiger partial charge in [0.15, 0.2) is 5.82 Å². The number of aromatic nitrogens is 2. The van der Waals surface area contributed by atoms with Crippen molar-refractivity contribution < 1.29 is 4.39 Å². The Morgan fingerprint density at radius 1 is 1.43 bits per heavy atom. The molecule has 0 N–H and O–H groups in total. The number of nitrogens with zero attached hydrogens (tertiary/aromatic N) is 3. The number of hydrogen-bond acceptors (Lipinski definition) is 3. The number of halogens is 1. The summed E-state index contributed by atoms with van der Waals surface area (Å²) in [6, 6.07) is 0. The molecule has 1 fully saturated rings. The molecular weight excluding hydrogens is 181 g/mol. The Hall–Kier alpha value is -1.19. The molecule has 0 aliphatic carbocycles. The Balaban J connectivity index is 2.10. The van der Waals surface area contributed by atoms with Crippen LogP contribution in [0, 0.1) is 11.4 Å². The van der Waals surface area contributed by atoms with Crippen molar-refractivity contribution in [3.63, 3.8) is 0 Å². The van der Waals surface area contributed by atoms with Crippen LogP contribution >= 0.6 is 0 Å². The maximum Gasteiger partial charge on any atom is 0.255 e. The minimum Gasteiger partial charge on any atom is -0.352 e. The monoisotopic (exact) mass is 195 g/mol. The molecule has 4 heteroatoms. The van der Waals surface area contributed by atoms with Crippen LogP contribution in [0.25, 0.3) is 0 Å². The number of rotatable bonds is 2. The number of anilines is 1. The van der Waals surface area contributed by atoms with E-state index < -0.39 is 5.95 Å². The molecule has 0 atom stereocenters. The number of hydrogen-bond donors (Lipinski definition) is 0. The highest BCUT2D eigenvalue weighted by Gasteiger charge is 2.38. The van der Waals surface area contributed by atoms with Crippen LogP contribution in [-0.4, -0.2) is 23.1 Å². The molecule has 1 saturated heterocycles. The lowest BCUT2D eigenvalue weighted by Gasteiger charge is -2.48. The van der Waals surface area contributed by atoms with Crippen molar-refractivity contribution in [3.8, 4) is 0 Å². The lowest BCUT2D eigenvalue weighted by molar-refractivity contribution is 0.230. The van der Waals surface area contributed by atoms with E-state index in [9.17, 15) is 4.39 Å². The van der Waals surface area contributed by atoms with Gasteiger partial charge in [-0.1, -0.05) is 13.8 Å². The maximum atomic E-state index is 13.2. The lowest BCUT2D eigenvalue weighted by Crippen LogP contribution is -2.55. The van der Waals surface area contributed by atoms with Gasteiger partial charge in [-0.25, -0.2) is 9.97 Å². The van der Waals surface area contributed by atoms with Crippen LogP contribution in [0.5, 0.6) is 0 Å². The third-order valence-electron chi connectivity index (χ3n) is 2.93. The van der Waals surface area contributed by atoms with E-state index in [0.29, 0.717) is 11.2 Å². The Bertz CT molecular complexity index is 334. The SMILES string of the molecule is CCC1(C)CN(c2nccnc2F)C1. The summed E-state index contributed by atoms with van der Waals surface area (Å²) in [6.07, 6.45) is 4.02. The van der Waals surface area contributed by atoms with Gasteiger partial charge in [0.05, 0.1) is 0 Å². The van der Waals surface area contributed by atoms with Gasteiger partial charge in [-0.15, -0.1) is 0 Å². The molecule has 1 aliphatic rings. The van der Waals surface area contributed by atoms with Crippen molar-refractivity contribution in [3.05, 3.63) is 18.3 Å². The molecule has 0 bridgehead atoms. The van der Waals surface area contributed by atoms with Crippen LogP contribution in [0.3, 0.4) is 0 Å². The molecule has 0 spiro atoms. The van der Waals surface area contributed by atoms with Gasteiger partial charge in [0.1, 0.15) is 0 Å². The van der Waals surface area contributed by atoms with Crippen LogP contribution in [0.15, 0.2) is 12.4 Å². The van der Waals surface area contributed by atoms with Gasteiger partial charge < -0.3 is 4.90 Å². The molecule has 0 aromatic carbocycles. The van der Waals surface area contributed by atoms with Crippen LogP contribution in [-0.2, 0) is 0 Å². The summed E-state index contributed by atoms with van der Waals surface area (Å²) in [7, 11) is 0. The van der Waals surface area contributed by atoms with E-state index in [0.717, 1.165) is 19.5 Å². The van der Waals surface area contributed by atoms with E-state index in [4.69, 9.17) is 0 Å². The fourth-order valence-electron chi connectivity index (χ4n) is 1.77. The summed E-state index contributed by atoms with van der Waals surface area (Å²) in [6.45, 7) is 6.11. The summed E-state index contributed by atoms with van der Waals surface area (Å²) in [5, 5.41) is 0. The van der Waals surface area contributed by atoms with E-state index in [-0.39, 0.29) is 0 Å². The third-order valence-corrected chi connectivity index (χ3v) is 2.93. The van der Waals surface area contributed by atoms with E-state index >= 15 is 0 Å². The molecule has 2 rings (SSSR count). The summed E-state index contributed by atoms with van der Waals surface area (Å²) < 4.78 is 13.2. The van der Waals surface area contributed by atoms with Crippen LogP contribution in [0.1, 0.15) is 20.3 Å². The molecule has 0 amide bonds. The van der Waals surface area contributed by atoms with Crippen molar-refractivity contribution >= 4 is 5.82 Å². The minimum atomic E-state index is -0.467. The Morgan fingerprint density at radius 3 is 2.64 bits per heavy atom. The predicted molar refractivity (Wildman–Crippen MR) is 52.6 cm³/mol. The molecule has 3 nitrogen and oxygen atoms in total. The first-order chi connectivity index (χ1) is 6.64. The first-order valence-corrected chi connectivity index (χ1v) is 4.86. The second-order valence-electron chi connectivity index (χ2n) is 4.19. The molecule has 1 aromatic heterocycles. The highest BCUT2D eigenvalue weighted by Crippen LogP contribution is 2.35. The second-order valence-corrected chi connectivity index (χ2v) is 4.19. The fraction of sp³-hybridized carbons (Fsp3) is 0.600. The van der Waals surface area contributed by atoms with Gasteiger partial charge >= 0.3 is 0 Å². The highest BCUT2D eigenvalue weighted by atomic mass is 19.1. The molecule has 0 saturated carbocycles. The van der Waals surface area contributed by atoms with Gasteiger partial charge in [0, 0.05) is 30.9 Å². The first-order valence-electron chi connectivity index (χ1n) is 4.86. The Morgan fingerprint density at radius 2 is 2.07 bits per heavy atom. The van der Waals surface area contributed by atoms with Crippen LogP contribution in [0.4, 0.5) is 10.2 Å². The van der Waals surface area contributed by atoms with Gasteiger partial charge in [-0.3, -0.25) is 0 Å². The van der Waals surface area contributed by atoms with Gasteiger partial charge in [0.25, 0.3) is 5.95 Å². The quantitative estimate of drug-likeness (QED) is 0.721. The zero-order valence-corrected chi connectivity index (χ0v) is 8.50. The Labute approximate surface area is 83.0 Å². The van der Waals surface area contributed by atoms with E-state index in [1.165, 1.54) is 12.4 Å². The first kappa shape index (κ1) is 9.37. The van der Waals surface area contributed by atoms with Crippen molar-refractivity contribution in [2.24, 2.45) is 5.41 Å². The molecular formula is C10H14FN3. The van der Waals surface area contributed by atoms with E-state index in [1.54, 1.807) is 0 Å². The van der Waals surface area contributed by atoms with Crippen LogP contribution < -0.4 is 4.90 Å². The maximum absolute atomic E-state index is 13.2. The highest BCUT2D eigenvalue weighted by molar-refractivity contribution is 5.41. The average molecular weight is 195 g/mol. The molecule has 2 heterocycles. The normalized spacial score (nSPS) is 19.2. The van der Waals surface area contributed by atoms with E-state index in [1.807, 2.05) is 4.90 Å². The predicted octanol–water partition coefficient (Wildman–Crippen LogP) is 1.85. The zero-order chi connectivity index (χ0) is 10.2. The van der Waals surface area contributed by atoms with Gasteiger partial charge in [-0.2, -0.15) is 4.39 Å². The molecule has 14 heavy (non-hydrogen) atoms. The van der Waals surface area contributed by atoms with Crippen molar-refractivity contribution in [2.45, 2.75) is 20.3 Å². The smallest absolute Gasteiger partial charge is 0.255 e. The Kier molecular flexibility index (Phi) is 2.13. The topological polar surface area (TPSA) is 29.0 Å². The minimum absolute atomic E-state index is 0.323. The molecule has 1 aliphatic heterocycles. The zero-order valence-electron chi connectivity index (χ0n) is 8.50. The van der Waals surface area contributed by atoms with Crippen LogP contribution in [0.2, 0.25) is 0 Å². The average Bonchev–Trinajstić information content (AvgIpc) is 2.14. The summed E-state index contributed by atoms with van der Waals surface area (Å²) in [4.78, 5) is 9.51. The van der Waals surface area contributed by atoms with Gasteiger partial charge in [-0.05, 0) is 6.42 Å². The molecule has 1 aromatic rings. The summed E-state index contributed by atoms with van der Waals surface area (Å²) in [5.74, 6) is -0.0796.